The molecule has 3 aliphatic heterocycles. The van der Waals surface area contributed by atoms with Gasteiger partial charge in [0.25, 0.3) is 16.7 Å². The number of aromatic amines is 3. The van der Waals surface area contributed by atoms with Crippen LogP contribution in [-0.4, -0.2) is 333 Å². The number of hydrogen-bond acceptors (Lipinski definition) is 39. The normalized spacial score (nSPS) is 21.9. The average molecular weight is 1800 g/mol. The van der Waals surface area contributed by atoms with E-state index in [2.05, 4.69) is 20.9 Å². The van der Waals surface area contributed by atoms with Gasteiger partial charge in [0.2, 0.25) is 17.7 Å². The van der Waals surface area contributed by atoms with Crippen LogP contribution in [0.4, 0.5) is 0 Å². The lowest BCUT2D eigenvalue weighted by Crippen LogP contribution is -2.41. The topological polar surface area (TPSA) is 667 Å². The number of amides is 3. The average Bonchev–Trinajstić information content (AvgIpc) is 1.61. The summed E-state index contributed by atoms with van der Waals surface area (Å²) >= 11 is 0. The van der Waals surface area contributed by atoms with Crippen LogP contribution in [0.2, 0.25) is 0 Å². The molecule has 0 radical (unpaired) electrons. The molecule has 6 unspecified atom stereocenters. The zero-order valence-corrected chi connectivity index (χ0v) is 70.3. The SMILES string of the molecule is CC[C@H]1O[C@@H](n2ccc(=O)[nH]c2=O)[C@@H](OC(=O)c2ccccc2)C1OP(=O)(OCCOCCOCCOC)OCCC(=O)NC.CNC(=O)CCOP(=O)(OCCOCCOCCOC)OC1[C@@H](CO)O[C@@H](n2ccc(=O)[nH]c2=O)[C@H]1O.CNC(=O)CCOP(=O)(OCCOCCOCCOC)OC1[C@@H](CO)O[C@@H](n2ccc(=O)[nH]c2=O)[C@H]1O.O.O. The lowest BCUT2D eigenvalue weighted by molar-refractivity contribution is -0.122. The number of phosphoric ester groups is 3. The number of hydrogen-bond donors (Lipinski definition) is 10. The van der Waals surface area contributed by atoms with Crippen molar-refractivity contribution < 1.29 is 167 Å². The third-order valence-corrected chi connectivity index (χ3v) is 21.0. The zero-order chi connectivity index (χ0) is 87.2. The van der Waals surface area contributed by atoms with Gasteiger partial charge in [-0.3, -0.25) is 98.1 Å². The van der Waals surface area contributed by atoms with Gasteiger partial charge >= 0.3 is 46.5 Å². The summed E-state index contributed by atoms with van der Waals surface area (Å²) in [7, 11) is -4.39. The van der Waals surface area contributed by atoms with Gasteiger partial charge in [0, 0.05) is 79.3 Å². The van der Waals surface area contributed by atoms with Gasteiger partial charge in [-0.25, -0.2) is 32.9 Å². The number of rotatable bonds is 56. The zero-order valence-electron chi connectivity index (χ0n) is 67.6. The quantitative estimate of drug-likeness (QED) is 0.0114. The van der Waals surface area contributed by atoms with Crippen molar-refractivity contribution in [2.24, 2.45) is 0 Å². The number of carbonyl (C=O) groups excluding carboxylic acids is 4. The molecular weight excluding hydrogens is 1690 g/mol. The molecule has 7 rings (SSSR count). The van der Waals surface area contributed by atoms with Gasteiger partial charge in [0.05, 0.1) is 183 Å². The molecule has 0 saturated carbocycles. The second kappa shape index (κ2) is 58.8. The van der Waals surface area contributed by atoms with Crippen molar-refractivity contribution in [1.82, 2.24) is 44.6 Å². The molecule has 3 aromatic heterocycles. The smallest absolute Gasteiger partial charge is 0.451 e. The van der Waals surface area contributed by atoms with E-state index in [1.54, 1.807) is 46.5 Å². The Hall–Kier alpha value is -7.25. The Morgan fingerprint density at radius 1 is 0.405 bits per heavy atom. The van der Waals surface area contributed by atoms with Crippen LogP contribution >= 0.6 is 23.5 Å². The first-order chi connectivity index (χ1) is 57.2. The maximum absolute atomic E-state index is 14.0. The Morgan fingerprint density at radius 2 is 0.694 bits per heavy atom. The van der Waals surface area contributed by atoms with Gasteiger partial charge in [-0.15, -0.1) is 0 Å². The van der Waals surface area contributed by atoms with Crippen LogP contribution in [0, 0.1) is 0 Å². The molecule has 3 fully saturated rings. The highest BCUT2D eigenvalue weighted by Gasteiger charge is 2.54. The van der Waals surface area contributed by atoms with E-state index in [-0.39, 0.29) is 127 Å². The van der Waals surface area contributed by atoms with Gasteiger partial charge in [0.15, 0.2) is 24.8 Å². The number of ether oxygens (including phenoxy) is 13. The highest BCUT2D eigenvalue weighted by molar-refractivity contribution is 7.49. The summed E-state index contributed by atoms with van der Waals surface area (Å²) < 4.78 is 162. The van der Waals surface area contributed by atoms with E-state index in [0.717, 1.165) is 44.3 Å². The summed E-state index contributed by atoms with van der Waals surface area (Å²) in [6, 6.07) is 11.3. The number of esters is 1. The molecule has 3 amide bonds. The van der Waals surface area contributed by atoms with Crippen LogP contribution < -0.4 is 49.7 Å². The Balaban J connectivity index is 0.000000468. The minimum Gasteiger partial charge on any atom is -0.451 e. The Kier molecular flexibility index (Phi) is 52.4. The molecule has 53 heteroatoms. The van der Waals surface area contributed by atoms with E-state index in [4.69, 9.17) is 102 Å². The van der Waals surface area contributed by atoms with Crippen LogP contribution in [0.25, 0.3) is 0 Å². The van der Waals surface area contributed by atoms with Crippen molar-refractivity contribution in [1.29, 1.82) is 0 Å². The predicted octanol–water partition coefficient (Wildman–Crippen LogP) is -3.98. The minimum atomic E-state index is -4.47. The number of phosphoric acid groups is 3. The van der Waals surface area contributed by atoms with Crippen molar-refractivity contribution in [2.45, 2.75) is 106 Å². The number of nitrogens with one attached hydrogen (secondary N) is 6. The lowest BCUT2D eigenvalue weighted by atomic mass is 10.1. The minimum absolute atomic E-state index is 0. The van der Waals surface area contributed by atoms with Gasteiger partial charge in [-0.05, 0) is 18.6 Å². The van der Waals surface area contributed by atoms with E-state index in [1.165, 1.54) is 39.5 Å². The predicted molar refractivity (Wildman–Crippen MR) is 415 cm³/mol. The number of H-pyrrole nitrogens is 3. The summed E-state index contributed by atoms with van der Waals surface area (Å²) in [5, 5.41) is 48.2. The first-order valence-electron chi connectivity index (χ1n) is 37.2. The van der Waals surface area contributed by atoms with E-state index in [1.807, 2.05) is 9.97 Å². The largest absolute Gasteiger partial charge is 0.475 e. The molecule has 4 aromatic rings. The lowest BCUT2D eigenvalue weighted by Gasteiger charge is -2.28. The molecule has 1 aromatic carbocycles. The number of carbonyl (C=O) groups is 4. The van der Waals surface area contributed by atoms with Gasteiger partial charge < -0.3 is 109 Å². The van der Waals surface area contributed by atoms with Crippen LogP contribution in [0.3, 0.4) is 0 Å². The number of aliphatic hydroxyl groups is 4. The first-order valence-corrected chi connectivity index (χ1v) is 41.6. The van der Waals surface area contributed by atoms with Gasteiger partial charge in [-0.2, -0.15) is 0 Å². The summed E-state index contributed by atoms with van der Waals surface area (Å²) in [5.41, 5.74) is -4.34. The molecule has 0 spiro atoms. The maximum Gasteiger partial charge on any atom is 0.475 e. The van der Waals surface area contributed by atoms with Crippen molar-refractivity contribution in [2.75, 3.05) is 194 Å². The molecule has 50 nitrogen and oxygen atoms in total. The van der Waals surface area contributed by atoms with E-state index < -0.39 is 162 Å². The van der Waals surface area contributed by atoms with Crippen molar-refractivity contribution in [3.63, 3.8) is 0 Å². The number of aliphatic hydroxyl groups excluding tert-OH is 4. The summed E-state index contributed by atoms with van der Waals surface area (Å²) in [6.07, 6.45) is -13.0. The Morgan fingerprint density at radius 3 is 0.992 bits per heavy atom. The van der Waals surface area contributed by atoms with E-state index in [0.29, 0.717) is 59.5 Å². The van der Waals surface area contributed by atoms with Gasteiger partial charge in [0.1, 0.15) is 42.7 Å². The van der Waals surface area contributed by atoms with Crippen LogP contribution in [0.1, 0.15) is 61.6 Å². The fourth-order valence-electron chi connectivity index (χ4n) is 10.5. The molecular formula is C68H112N9O41P3. The molecule has 690 valence electrons. The van der Waals surface area contributed by atoms with Crippen LogP contribution in [-0.2, 0) is 130 Å². The molecule has 15 atom stereocenters. The third kappa shape index (κ3) is 37.6. The number of methoxy groups -OCH3 is 3. The molecule has 0 bridgehead atoms. The monoisotopic (exact) mass is 1800 g/mol. The maximum atomic E-state index is 14.0. The fourth-order valence-corrected chi connectivity index (χ4v) is 14.6. The van der Waals surface area contributed by atoms with Crippen molar-refractivity contribution >= 4 is 47.2 Å². The first kappa shape index (κ1) is 108. The van der Waals surface area contributed by atoms with Gasteiger partial charge in [-0.1, -0.05) is 25.1 Å². The number of nitrogens with zero attached hydrogens (tertiary/aromatic N) is 3. The van der Waals surface area contributed by atoms with Crippen LogP contribution in [0.15, 0.2) is 95.9 Å². The molecule has 0 aliphatic carbocycles. The summed E-state index contributed by atoms with van der Waals surface area (Å²) in [4.78, 5) is 126. The molecule has 6 heterocycles. The third-order valence-electron chi connectivity index (χ3n) is 16.5. The highest BCUT2D eigenvalue weighted by Crippen LogP contribution is 2.56. The number of aromatic nitrogens is 6. The molecule has 121 heavy (non-hydrogen) atoms. The standard InChI is InChI=1S/C28H40N3O13P.2C20H34N3O13P.2H2O/c1-4-21-24(44-45(36,40-13-11-22(32)29-2)41-19-18-39-17-16-38-15-14-37-3)25(43-27(34)20-8-6-5-7-9-20)26(42-21)31-12-10-23(33)30-28(31)35;2*1-21-15(25)4-6-33-37(29,34-12-11-32-10-9-31-8-7-30-2)36-18-14(13-24)35-19(17(18)27)23-5-3-16(26)22-20(23)28;;/h5-10,12,21,24-26H,4,11,13-19H2,1-3H3,(H,29,32)(H,30,33,35);2*3,5,14,17-19,24,27H,4,6-13H2,1-2H3,(H,21,25)(H,22,26,28);2*1H2/t21-,24?,25+,26-,45?;2*14-,17+,18?,19-,37?;;/m111../s1. The molecule has 3 aliphatic rings. The molecule has 14 N–H and O–H groups in total. The van der Waals surface area contributed by atoms with E-state index in [9.17, 15) is 82.1 Å². The van der Waals surface area contributed by atoms with Crippen molar-refractivity contribution in [3.05, 3.63) is 135 Å². The van der Waals surface area contributed by atoms with E-state index >= 15 is 0 Å². The highest BCUT2D eigenvalue weighted by atomic mass is 31.2. The Labute approximate surface area is 691 Å². The van der Waals surface area contributed by atoms with Crippen LogP contribution in [0.5, 0.6) is 0 Å². The summed E-state index contributed by atoms with van der Waals surface area (Å²) in [6.45, 7) is 2.78. The molecule has 3 saturated heterocycles. The second-order valence-electron chi connectivity index (χ2n) is 24.7. The summed E-state index contributed by atoms with van der Waals surface area (Å²) in [5.74, 6) is -1.92. The van der Waals surface area contributed by atoms with Crippen molar-refractivity contribution in [3.8, 4) is 0 Å². The Bertz CT molecular complexity index is 4000. The number of benzene rings is 1. The second-order valence-corrected chi connectivity index (χ2v) is 29.6. The fraction of sp³-hybridized carbons (Fsp3) is 0.676.